The molecule has 8 heterocycles. The van der Waals surface area contributed by atoms with Gasteiger partial charge < -0.3 is 34.7 Å². The molecular formula is C59H71N11O8. The second-order valence-electron chi connectivity index (χ2n) is 22.4. The second-order valence-corrected chi connectivity index (χ2v) is 22.4. The molecule has 19 heteroatoms. The molecule has 1 aliphatic carbocycles. The van der Waals surface area contributed by atoms with Crippen LogP contribution >= 0.6 is 0 Å². The van der Waals surface area contributed by atoms with Gasteiger partial charge in [0.2, 0.25) is 17.7 Å². The van der Waals surface area contributed by atoms with Crippen LogP contribution in [0.1, 0.15) is 146 Å². The summed E-state index contributed by atoms with van der Waals surface area (Å²) in [5.74, 6) is -1.09. The van der Waals surface area contributed by atoms with Gasteiger partial charge in [0.1, 0.15) is 29.1 Å². The van der Waals surface area contributed by atoms with E-state index in [9.17, 15) is 38.7 Å². The standard InChI is InChI=1S/C59H71N11O8/c1-37-34-66(51(73)17-12-10-8-6-5-7-9-11-13-23-60-44-16-14-15-42-52(44)58(78)70(55(42)75)46-19-21-50(72)64-54(46)74)25-26-67(37)40-18-20-49(62-33-40)63-45-29-39(35-65(4)56(45)76)41-22-24-61-53(43(41)36-71)69-28-27-68-47(57(69)77)30-38-31-59(2,3)32-48(38)68/h14-16,18,20,22,24,29-30,33,35,37,46,60,71H,5-13,17,19,21,23,25-28,31-32,34,36H2,1-4H3,(H,62,63)(H,64,72,74). The number of aliphatic hydroxyl groups excluding tert-OH is 1. The van der Waals surface area contributed by atoms with Crippen LogP contribution in [-0.4, -0.2) is 114 Å². The number of anilines is 5. The molecule has 0 radical (unpaired) electrons. The van der Waals surface area contributed by atoms with E-state index in [0.29, 0.717) is 91.1 Å². The highest BCUT2D eigenvalue weighted by molar-refractivity contribution is 6.25. The number of benzene rings is 1. The van der Waals surface area contributed by atoms with Crippen molar-refractivity contribution in [2.75, 3.05) is 53.2 Å². The number of carbonyl (C=O) groups is 6. The Bertz CT molecular complexity index is 3220. The van der Waals surface area contributed by atoms with Gasteiger partial charge in [0.15, 0.2) is 0 Å². The Morgan fingerprint density at radius 1 is 0.821 bits per heavy atom. The molecule has 4 aromatic heterocycles. The summed E-state index contributed by atoms with van der Waals surface area (Å²) in [7, 11) is 1.68. The Kier molecular flexibility index (Phi) is 15.7. The zero-order valence-corrected chi connectivity index (χ0v) is 45.2. The van der Waals surface area contributed by atoms with Gasteiger partial charge in [-0.05, 0) is 98.0 Å². The van der Waals surface area contributed by atoms with Crippen molar-refractivity contribution in [1.29, 1.82) is 0 Å². The first-order valence-corrected chi connectivity index (χ1v) is 27.8. The van der Waals surface area contributed by atoms with Crippen molar-refractivity contribution in [2.45, 2.75) is 136 Å². The van der Waals surface area contributed by atoms with Crippen LogP contribution in [0.25, 0.3) is 11.1 Å². The second kappa shape index (κ2) is 22.7. The van der Waals surface area contributed by atoms with E-state index in [2.05, 4.69) is 51.2 Å². The van der Waals surface area contributed by atoms with Gasteiger partial charge in [-0.1, -0.05) is 64.9 Å². The molecule has 5 aromatic rings. The van der Waals surface area contributed by atoms with Crippen LogP contribution in [-0.2, 0) is 47.4 Å². The van der Waals surface area contributed by atoms with E-state index >= 15 is 0 Å². The minimum Gasteiger partial charge on any atom is -0.392 e. The molecular weight excluding hydrogens is 991 g/mol. The number of piperazine rings is 1. The van der Waals surface area contributed by atoms with Crippen molar-refractivity contribution >= 4 is 64.1 Å². The first-order valence-electron chi connectivity index (χ1n) is 27.8. The SMILES string of the molecule is CC1CN(C(=O)CCCCCCCCCCCNc2cccc3c2C(=O)N(C2CCC(=O)NC2=O)C3=O)CCN1c1ccc(Nc2cc(-c3ccnc(N4CCn5c(cc6c5CC(C)(C)C6)C4=O)c3CO)cn(C)c2=O)nc1. The summed E-state index contributed by atoms with van der Waals surface area (Å²) in [6.45, 7) is 9.92. The van der Waals surface area contributed by atoms with E-state index in [-0.39, 0.29) is 59.4 Å². The number of imide groups is 2. The van der Waals surface area contributed by atoms with Crippen molar-refractivity contribution in [1.82, 2.24) is 34.2 Å². The monoisotopic (exact) mass is 1060 g/mol. The van der Waals surface area contributed by atoms with Crippen LogP contribution in [0.3, 0.4) is 0 Å². The number of unbranched alkanes of at least 4 members (excludes halogenated alkanes) is 8. The summed E-state index contributed by atoms with van der Waals surface area (Å²) >= 11 is 0. The third kappa shape index (κ3) is 10.9. The van der Waals surface area contributed by atoms with Crippen molar-refractivity contribution in [3.63, 3.8) is 0 Å². The number of rotatable bonds is 20. The van der Waals surface area contributed by atoms with E-state index in [4.69, 9.17) is 4.98 Å². The molecule has 0 saturated carbocycles. The Balaban J connectivity index is 0.633. The number of carbonyl (C=O) groups excluding carboxylic acids is 6. The fourth-order valence-electron chi connectivity index (χ4n) is 12.2. The molecule has 4 aliphatic heterocycles. The molecule has 2 unspecified atom stereocenters. The molecule has 5 aliphatic rings. The fourth-order valence-corrected chi connectivity index (χ4v) is 12.2. The highest BCUT2D eigenvalue weighted by Crippen LogP contribution is 2.41. The first kappa shape index (κ1) is 53.7. The van der Waals surface area contributed by atoms with Gasteiger partial charge in [-0.3, -0.25) is 48.7 Å². The van der Waals surface area contributed by atoms with Gasteiger partial charge in [-0.2, -0.15) is 0 Å². The zero-order chi connectivity index (χ0) is 54.8. The molecule has 19 nitrogen and oxygen atoms in total. The van der Waals surface area contributed by atoms with E-state index in [0.717, 1.165) is 81.2 Å². The molecule has 1 aromatic carbocycles. The number of hydrogen-bond donors (Lipinski definition) is 4. The van der Waals surface area contributed by atoms with E-state index < -0.39 is 29.7 Å². The quantitative estimate of drug-likeness (QED) is 0.0451. The predicted molar refractivity (Wildman–Crippen MR) is 297 cm³/mol. The number of aromatic nitrogens is 4. The van der Waals surface area contributed by atoms with Gasteiger partial charge >= 0.3 is 0 Å². The minimum atomic E-state index is -0.991. The zero-order valence-electron chi connectivity index (χ0n) is 45.2. The Morgan fingerprint density at radius 2 is 1.59 bits per heavy atom. The predicted octanol–water partition coefficient (Wildman–Crippen LogP) is 7.12. The lowest BCUT2D eigenvalue weighted by molar-refractivity contribution is -0.136. The fraction of sp³-hybridized carbons (Fsp3) is 0.475. The maximum Gasteiger partial charge on any atom is 0.276 e. The average Bonchev–Trinajstić information content (AvgIpc) is 4.07. The molecule has 10 rings (SSSR count). The van der Waals surface area contributed by atoms with Gasteiger partial charge in [0.25, 0.3) is 23.3 Å². The summed E-state index contributed by atoms with van der Waals surface area (Å²) in [4.78, 5) is 108. The van der Waals surface area contributed by atoms with Crippen molar-refractivity contribution in [2.24, 2.45) is 12.5 Å². The number of hydrogen-bond acceptors (Lipinski definition) is 13. The number of nitrogens with one attached hydrogen (secondary N) is 3. The van der Waals surface area contributed by atoms with E-state index in [1.807, 2.05) is 23.1 Å². The highest BCUT2D eigenvalue weighted by Gasteiger charge is 2.46. The summed E-state index contributed by atoms with van der Waals surface area (Å²) in [5, 5.41) is 19.6. The largest absolute Gasteiger partial charge is 0.392 e. The van der Waals surface area contributed by atoms with Gasteiger partial charge in [0.05, 0.1) is 29.6 Å². The Morgan fingerprint density at radius 3 is 2.32 bits per heavy atom. The topological polar surface area (TPSA) is 224 Å². The van der Waals surface area contributed by atoms with E-state index in [1.54, 1.807) is 60.9 Å². The third-order valence-electron chi connectivity index (χ3n) is 16.2. The molecule has 4 N–H and O–H groups in total. The molecule has 78 heavy (non-hydrogen) atoms. The normalized spacial score (nSPS) is 18.8. The summed E-state index contributed by atoms with van der Waals surface area (Å²) in [6, 6.07) is 13.6. The maximum absolute atomic E-state index is 14.0. The molecule has 410 valence electrons. The van der Waals surface area contributed by atoms with Gasteiger partial charge in [-0.15, -0.1) is 0 Å². The van der Waals surface area contributed by atoms with Gasteiger partial charge in [0, 0.05) is 100 Å². The average molecular weight is 1060 g/mol. The lowest BCUT2D eigenvalue weighted by Gasteiger charge is -2.41. The number of nitrogens with zero attached hydrogens (tertiary/aromatic N) is 8. The lowest BCUT2D eigenvalue weighted by atomic mass is 9.90. The number of amides is 6. The molecule has 6 amide bonds. The lowest BCUT2D eigenvalue weighted by Crippen LogP contribution is -2.54. The number of fused-ring (bicyclic) bond motifs is 4. The van der Waals surface area contributed by atoms with Crippen molar-refractivity contribution < 1.29 is 33.9 Å². The van der Waals surface area contributed by atoms with Crippen LogP contribution < -0.4 is 31.3 Å². The molecule has 2 atom stereocenters. The Labute approximate surface area is 454 Å². The maximum atomic E-state index is 14.0. The molecule has 0 bridgehead atoms. The number of aryl methyl sites for hydroxylation is 1. The number of pyridine rings is 3. The number of piperidine rings is 1. The molecule has 2 saturated heterocycles. The number of aliphatic hydroxyl groups is 1. The van der Waals surface area contributed by atoms with Crippen molar-refractivity contribution in [3.05, 3.63) is 111 Å². The van der Waals surface area contributed by atoms with Crippen LogP contribution in [0.15, 0.2) is 71.9 Å². The van der Waals surface area contributed by atoms with Gasteiger partial charge in [-0.25, -0.2) is 9.97 Å². The van der Waals surface area contributed by atoms with Crippen LogP contribution in [0, 0.1) is 5.41 Å². The third-order valence-corrected chi connectivity index (χ3v) is 16.2. The summed E-state index contributed by atoms with van der Waals surface area (Å²) in [5.41, 5.74) is 7.24. The van der Waals surface area contributed by atoms with Crippen molar-refractivity contribution in [3.8, 4) is 11.1 Å². The van der Waals surface area contributed by atoms with Crippen LogP contribution in [0.5, 0.6) is 0 Å². The minimum absolute atomic E-state index is 0.0792. The molecule has 2 fully saturated rings. The smallest absolute Gasteiger partial charge is 0.276 e. The van der Waals surface area contributed by atoms with Crippen LogP contribution in [0.2, 0.25) is 0 Å². The molecule has 0 spiro atoms. The summed E-state index contributed by atoms with van der Waals surface area (Å²) in [6.07, 6.45) is 17.1. The Hall–Kier alpha value is -7.67. The highest BCUT2D eigenvalue weighted by atomic mass is 16.3. The van der Waals surface area contributed by atoms with E-state index in [1.165, 1.54) is 15.8 Å². The first-order chi connectivity index (χ1) is 37.6. The van der Waals surface area contributed by atoms with Crippen LogP contribution in [0.4, 0.5) is 28.7 Å². The summed E-state index contributed by atoms with van der Waals surface area (Å²) < 4.78 is 3.65.